The van der Waals surface area contributed by atoms with Crippen molar-refractivity contribution in [3.05, 3.63) is 261 Å². The third-order valence-electron chi connectivity index (χ3n) is 22.9. The van der Waals surface area contributed by atoms with Crippen molar-refractivity contribution in [3.63, 3.8) is 0 Å². The van der Waals surface area contributed by atoms with Crippen LogP contribution in [0.4, 0.5) is 17.5 Å². The first-order valence-electron chi connectivity index (χ1n) is 40.8. The summed E-state index contributed by atoms with van der Waals surface area (Å²) in [6.45, 7) is 4.83. The van der Waals surface area contributed by atoms with Crippen LogP contribution in [-0.4, -0.2) is 210 Å². The number of para-hydroxylation sites is 3. The summed E-state index contributed by atoms with van der Waals surface area (Å²) in [7, 11) is 9.59. The molecule has 4 atom stereocenters. The number of nitrogens with two attached hydrogens (primary N) is 3. The number of imidazole rings is 3. The number of hydrogen-bond acceptors (Lipinski definition) is 20. The van der Waals surface area contributed by atoms with E-state index in [1.54, 1.807) is 109 Å². The summed E-state index contributed by atoms with van der Waals surface area (Å²) in [6.07, 6.45) is 21.6. The first-order chi connectivity index (χ1) is 58.3. The highest BCUT2D eigenvalue weighted by Gasteiger charge is 2.37. The van der Waals surface area contributed by atoms with Gasteiger partial charge in [-0.2, -0.15) is 0 Å². The number of fused-ring (bicyclic) bond motifs is 3. The summed E-state index contributed by atoms with van der Waals surface area (Å²) in [4.78, 5) is 111. The van der Waals surface area contributed by atoms with Crippen LogP contribution in [0.2, 0.25) is 0 Å². The molecule has 3 saturated heterocycles. The van der Waals surface area contributed by atoms with Gasteiger partial charge in [0, 0.05) is 76.9 Å². The topological polar surface area (TPSA) is 371 Å². The number of likely N-dealkylation sites (N-methyl/N-ethyl adjacent to an activating group) is 3. The van der Waals surface area contributed by atoms with E-state index in [9.17, 15) is 39.2 Å². The van der Waals surface area contributed by atoms with Gasteiger partial charge in [0.2, 0.25) is 17.7 Å². The Labute approximate surface area is 698 Å². The lowest BCUT2D eigenvalue weighted by atomic mass is 9.91. The molecule has 32 nitrogen and oxygen atoms in total. The molecule has 121 heavy (non-hydrogen) atoms. The first kappa shape index (κ1) is 82.7. The Morgan fingerprint density at radius 3 is 1.10 bits per heavy atom. The maximum absolute atomic E-state index is 13.9. The van der Waals surface area contributed by atoms with Crippen molar-refractivity contribution in [2.45, 2.75) is 88.5 Å². The van der Waals surface area contributed by atoms with Gasteiger partial charge in [0.15, 0.2) is 34.4 Å². The third kappa shape index (κ3) is 18.9. The van der Waals surface area contributed by atoms with Crippen LogP contribution in [0.25, 0.3) is 50.6 Å². The second-order valence-electron chi connectivity index (χ2n) is 32.7. The molecule has 626 valence electrons. The summed E-state index contributed by atoms with van der Waals surface area (Å²) in [6, 6.07) is 49.7. The second kappa shape index (κ2) is 35.7. The molecule has 5 aliphatic rings. The average molecular weight is 1640 g/mol. The van der Waals surface area contributed by atoms with E-state index in [1.165, 1.54) is 40.3 Å². The molecule has 6 N–H and O–H groups in total. The van der Waals surface area contributed by atoms with Crippen molar-refractivity contribution in [3.8, 4) is 51.6 Å². The molecule has 9 heterocycles. The molecule has 5 fully saturated rings. The van der Waals surface area contributed by atoms with E-state index < -0.39 is 0 Å². The zero-order chi connectivity index (χ0) is 84.7. The van der Waals surface area contributed by atoms with E-state index in [-0.39, 0.29) is 105 Å². The van der Waals surface area contributed by atoms with Crippen LogP contribution in [-0.2, 0) is 20.9 Å². The average Bonchev–Trinajstić information content (AvgIpc) is 1.60. The monoisotopic (exact) mass is 1640 g/mol. The van der Waals surface area contributed by atoms with E-state index >= 15 is 0 Å². The number of anilines is 3. The van der Waals surface area contributed by atoms with E-state index in [0.29, 0.717) is 138 Å². The largest absolute Gasteiger partial charge is 0.633 e. The Bertz CT molecular complexity index is 5980. The Balaban J connectivity index is 0.000000141. The van der Waals surface area contributed by atoms with Crippen LogP contribution in [0.1, 0.15) is 69.9 Å². The van der Waals surface area contributed by atoms with Gasteiger partial charge in [0.05, 0.1) is 96.1 Å². The summed E-state index contributed by atoms with van der Waals surface area (Å²) < 4.78 is 27.3. The number of likely N-dealkylation sites (tertiary alicyclic amines) is 3. The third-order valence-corrected chi connectivity index (χ3v) is 22.9. The molecule has 0 spiro atoms. The Kier molecular flexibility index (Phi) is 24.4. The van der Waals surface area contributed by atoms with Crippen molar-refractivity contribution >= 4 is 68.7 Å². The van der Waals surface area contributed by atoms with E-state index in [0.717, 1.165) is 61.7 Å². The molecule has 0 bridgehead atoms. The number of rotatable bonds is 24. The van der Waals surface area contributed by atoms with Gasteiger partial charge in [0.25, 0.3) is 0 Å². The molecule has 3 amide bonds. The highest BCUT2D eigenvalue weighted by molar-refractivity contribution is 5.90. The number of aromatic nitrogens is 12. The predicted molar refractivity (Wildman–Crippen MR) is 462 cm³/mol. The van der Waals surface area contributed by atoms with Crippen LogP contribution in [0.3, 0.4) is 0 Å². The Hall–Kier alpha value is -13.4. The fourth-order valence-corrected chi connectivity index (χ4v) is 15.9. The molecule has 3 aliphatic heterocycles. The maximum atomic E-state index is 13.9. The van der Waals surface area contributed by atoms with E-state index in [2.05, 4.69) is 51.0 Å². The van der Waals surface area contributed by atoms with Crippen LogP contribution >= 0.6 is 0 Å². The summed E-state index contributed by atoms with van der Waals surface area (Å²) in [5.41, 5.74) is 22.4. The van der Waals surface area contributed by atoms with E-state index in [1.807, 2.05) is 126 Å². The van der Waals surface area contributed by atoms with Gasteiger partial charge in [0.1, 0.15) is 70.0 Å². The summed E-state index contributed by atoms with van der Waals surface area (Å²) in [5, 5.41) is 25.2. The van der Waals surface area contributed by atoms with Gasteiger partial charge in [-0.3, -0.25) is 41.8 Å². The summed E-state index contributed by atoms with van der Waals surface area (Å²) in [5.74, 6) is 4.62. The molecule has 17 rings (SSSR count). The number of nitrogens with zero attached hydrogens (tertiary/aromatic N) is 18. The minimum Gasteiger partial charge on any atom is -0.633 e. The number of quaternary nitrogens is 3. The molecule has 32 heteroatoms. The fourth-order valence-electron chi connectivity index (χ4n) is 15.9. The molecule has 0 radical (unpaired) electrons. The van der Waals surface area contributed by atoms with Crippen molar-refractivity contribution in [1.82, 2.24) is 72.0 Å². The van der Waals surface area contributed by atoms with Crippen molar-refractivity contribution in [1.29, 1.82) is 0 Å². The van der Waals surface area contributed by atoms with Gasteiger partial charge in [-0.15, -0.1) is 0 Å². The molecular formula is C89H100N21O11+. The highest BCUT2D eigenvalue weighted by Crippen LogP contribution is 2.36. The Morgan fingerprint density at radius 1 is 0.405 bits per heavy atom. The number of benzene rings is 6. The van der Waals surface area contributed by atoms with Gasteiger partial charge in [-0.05, 0) is 178 Å². The van der Waals surface area contributed by atoms with Crippen molar-refractivity contribution in [2.75, 3.05) is 111 Å². The number of hydroxylamine groups is 6. The smallest absolute Gasteiger partial charge is 0.335 e. The number of piperidine rings is 1. The van der Waals surface area contributed by atoms with Gasteiger partial charge in [-0.25, -0.2) is 44.3 Å². The highest BCUT2D eigenvalue weighted by atomic mass is 16.5. The molecule has 2 saturated carbocycles. The van der Waals surface area contributed by atoms with Gasteiger partial charge < -0.3 is 70.3 Å². The molecule has 2 aliphatic carbocycles. The number of carbonyl (C=O) groups is 3. The lowest BCUT2D eigenvalue weighted by molar-refractivity contribution is -0.886. The first-order valence-corrected chi connectivity index (χ1v) is 40.8. The van der Waals surface area contributed by atoms with Crippen molar-refractivity contribution in [2.24, 2.45) is 5.92 Å². The predicted octanol–water partition coefficient (Wildman–Crippen LogP) is 10.6. The normalized spacial score (nSPS) is 17.5. The number of carbonyl (C=O) groups excluding carboxylic acids is 3. The number of nitrogen functional groups attached to an aromatic ring is 3. The zero-order valence-electron chi connectivity index (χ0n) is 68.4. The molecule has 6 aromatic carbocycles. The maximum Gasteiger partial charge on any atom is 0.335 e. The number of amides is 3. The fraction of sp³-hybridized carbons (Fsp3) is 0.326. The minimum atomic E-state index is -0.345. The van der Waals surface area contributed by atoms with E-state index in [4.69, 9.17) is 31.4 Å². The summed E-state index contributed by atoms with van der Waals surface area (Å²) >= 11 is 0. The zero-order valence-corrected chi connectivity index (χ0v) is 68.4. The van der Waals surface area contributed by atoms with Crippen LogP contribution in [0, 0.1) is 16.3 Å². The minimum absolute atomic E-state index is 0.0425. The lowest BCUT2D eigenvalue weighted by Crippen LogP contribution is -2.50. The van der Waals surface area contributed by atoms with Crippen LogP contribution in [0.5, 0.6) is 34.5 Å². The van der Waals surface area contributed by atoms with Crippen LogP contribution in [0.15, 0.2) is 234 Å². The Morgan fingerprint density at radius 2 is 0.736 bits per heavy atom. The van der Waals surface area contributed by atoms with Gasteiger partial charge >= 0.3 is 17.1 Å². The second-order valence-corrected chi connectivity index (χ2v) is 32.7. The number of ether oxygens (including phenoxy) is 3. The standard InChI is InChI=1S/C30H33N7O4.C30H36N7O3.C29H31N7O4/c1-37(40,23-7-5-8-23)18-6-11-26(38)34-17-16-22(19-34)36-29-27(28(31)32-20-33-29)35(30(36)39)21-12-14-25(15-13-21)41-24-9-3-2-4-10-24;1-37(2,3)19-7-10-26(38)34-17-15-22(16-18-34)20-35-29-27(28(31)32-21-33-29)36(30(35)39)23-11-13-25(14-12-23)40-24-8-5-4-6-9-24;1-36(39,22-11-12-22)17-5-8-25(37)33-16-15-21(18-33)35-28-26(27(30)31-19-32-28)34(29(35)38)20-9-13-24(14-10-20)40-23-6-3-2-4-7-23/h2-4,6,9-15,20,22-23H,5,7-8,16-19H2,1H3,(H2,31,32,33);4-14,21-22H,15-20H2,1-3H3,(H2,31,32,33);2-10,13-14,19,21-22H,11-12,15-18H2,1H3,(H2,30,31,32)/q;+1;/b11-6+;10-7+;8-5+/t22-,37?;;21-,36?/m1.1/s1. The molecule has 12 aromatic rings. The van der Waals surface area contributed by atoms with Gasteiger partial charge in [-0.1, -0.05) is 54.6 Å². The molecule has 2 unspecified atom stereocenters. The number of hydrogen-bond donors (Lipinski definition) is 3. The van der Waals surface area contributed by atoms with Crippen LogP contribution < -0.4 is 48.5 Å². The molecular weight excluding hydrogens is 1540 g/mol. The van der Waals surface area contributed by atoms with Crippen molar-refractivity contribution < 1.29 is 42.4 Å². The quantitative estimate of drug-likeness (QED) is 0.0287. The SMILES string of the molecule is C[N+](C)(C)C/C=C/C(=O)N1CCC(Cn2c(=O)n(-c3ccc(Oc4ccccc4)cc3)c3c(N)ncnc32)CC1.C[N+]([O-])(C/C=C/C(=O)N1CC[C@@H](n2c(=O)n(-c3ccc(Oc4ccccc4)cc3)c3c(N)ncnc32)C1)C1CC1.C[N+]([O-])(C/C=C/C(=O)N1CC[C@@H](n2c(=O)n(-c3ccc(Oc4ccccc4)cc3)c3c(N)ncnc32)C1)C1CCC1. The molecule has 6 aromatic heterocycles. The lowest BCUT2D eigenvalue weighted by Gasteiger charge is -2.48.